The van der Waals surface area contributed by atoms with E-state index in [4.69, 9.17) is 4.74 Å². The monoisotopic (exact) mass is 446 g/mol. The number of aromatic nitrogens is 3. The van der Waals surface area contributed by atoms with Crippen molar-refractivity contribution in [3.63, 3.8) is 0 Å². The van der Waals surface area contributed by atoms with Crippen LogP contribution in [0.1, 0.15) is 6.92 Å². The summed E-state index contributed by atoms with van der Waals surface area (Å²) >= 11 is 0. The number of H-pyrrole nitrogens is 1. The van der Waals surface area contributed by atoms with Crippen molar-refractivity contribution in [2.24, 2.45) is 7.05 Å². The fourth-order valence-electron chi connectivity index (χ4n) is 2.70. The van der Waals surface area contributed by atoms with Gasteiger partial charge in [0.05, 0.1) is 22.1 Å². The van der Waals surface area contributed by atoms with Crippen molar-refractivity contribution >= 4 is 21.6 Å². The Morgan fingerprint density at radius 3 is 2.06 bits per heavy atom. The number of benzene rings is 2. The van der Waals surface area contributed by atoms with Gasteiger partial charge in [0.2, 0.25) is 9.84 Å². The van der Waals surface area contributed by atoms with Crippen molar-refractivity contribution in [1.29, 1.82) is 0 Å². The molecule has 1 amide bonds. The summed E-state index contributed by atoms with van der Waals surface area (Å²) in [5, 5.41) is 2.46. The van der Waals surface area contributed by atoms with Gasteiger partial charge in [-0.3, -0.25) is 10.3 Å². The van der Waals surface area contributed by atoms with Crippen LogP contribution in [0.5, 0.6) is 0 Å². The molecule has 0 aliphatic heterocycles. The van der Waals surface area contributed by atoms with E-state index < -0.39 is 33.0 Å². The zero-order chi connectivity index (χ0) is 22.8. The fourth-order valence-corrected chi connectivity index (χ4v) is 3.96. The van der Waals surface area contributed by atoms with Crippen molar-refractivity contribution in [1.82, 2.24) is 14.1 Å². The van der Waals surface area contributed by atoms with Crippen LogP contribution in [0.3, 0.4) is 0 Å². The molecule has 0 aliphatic rings. The molecule has 1 aromatic heterocycles. The number of hydrogen-bond acceptors (Lipinski definition) is 7. The number of anilines is 1. The Kier molecular flexibility index (Phi) is 5.92. The molecule has 11 nitrogen and oxygen atoms in total. The molecule has 0 unspecified atom stereocenters. The van der Waals surface area contributed by atoms with Gasteiger partial charge in [0.1, 0.15) is 0 Å². The van der Waals surface area contributed by atoms with E-state index in [0.29, 0.717) is 10.3 Å². The number of aromatic amines is 1. The fraction of sp³-hybridized carbons (Fsp3) is 0.158. The third-order valence-corrected chi connectivity index (χ3v) is 6.08. The van der Waals surface area contributed by atoms with E-state index in [2.05, 4.69) is 5.32 Å². The predicted molar refractivity (Wildman–Crippen MR) is 110 cm³/mol. The van der Waals surface area contributed by atoms with Crippen LogP contribution in [0.25, 0.3) is 5.69 Å². The molecule has 3 rings (SSSR count). The van der Waals surface area contributed by atoms with E-state index in [1.807, 2.05) is 4.98 Å². The first kappa shape index (κ1) is 21.8. The van der Waals surface area contributed by atoms with Gasteiger partial charge in [-0.15, -0.1) is 0 Å². The van der Waals surface area contributed by atoms with E-state index in [1.165, 1.54) is 55.6 Å². The van der Waals surface area contributed by atoms with Crippen LogP contribution in [0, 0.1) is 0 Å². The number of sulfone groups is 1. The van der Waals surface area contributed by atoms with E-state index >= 15 is 0 Å². The summed E-state index contributed by atoms with van der Waals surface area (Å²) in [6, 6.07) is 10.5. The Morgan fingerprint density at radius 1 is 0.968 bits per heavy atom. The minimum atomic E-state index is -3.90. The van der Waals surface area contributed by atoms with Gasteiger partial charge >= 0.3 is 23.2 Å². The molecule has 12 heteroatoms. The second-order valence-electron chi connectivity index (χ2n) is 6.28. The van der Waals surface area contributed by atoms with Crippen LogP contribution in [0.4, 0.5) is 10.5 Å². The summed E-state index contributed by atoms with van der Waals surface area (Å²) in [5.41, 5.74) is -2.20. The minimum Gasteiger partial charge on any atom is -0.450 e. The van der Waals surface area contributed by atoms with E-state index in [1.54, 1.807) is 6.92 Å². The first-order chi connectivity index (χ1) is 14.6. The Balaban J connectivity index is 1.91. The molecule has 2 aromatic carbocycles. The van der Waals surface area contributed by atoms with Gasteiger partial charge in [0.25, 0.3) is 0 Å². The number of ether oxygens (including phenoxy) is 1. The highest BCUT2D eigenvalue weighted by molar-refractivity contribution is 7.91. The molecule has 0 saturated carbocycles. The molecule has 0 saturated heterocycles. The van der Waals surface area contributed by atoms with Crippen LogP contribution in [0.2, 0.25) is 0 Å². The molecule has 2 N–H and O–H groups in total. The van der Waals surface area contributed by atoms with E-state index in [9.17, 15) is 27.6 Å². The number of nitrogens with zero attached hydrogens (tertiary/aromatic N) is 2. The third-order valence-electron chi connectivity index (χ3n) is 4.29. The first-order valence-corrected chi connectivity index (χ1v) is 10.4. The summed E-state index contributed by atoms with van der Waals surface area (Å²) in [6.45, 7) is 1.86. The molecule has 162 valence electrons. The smallest absolute Gasteiger partial charge is 0.411 e. The van der Waals surface area contributed by atoms with Crippen molar-refractivity contribution in [2.75, 3.05) is 11.9 Å². The van der Waals surface area contributed by atoms with Gasteiger partial charge < -0.3 is 4.74 Å². The molecular formula is C19H18N4O7S. The van der Waals surface area contributed by atoms with E-state index in [0.717, 1.165) is 4.57 Å². The Labute approximate surface area is 175 Å². The Hall–Kier alpha value is -3.93. The maximum atomic E-state index is 12.9. The maximum absolute atomic E-state index is 12.9. The summed E-state index contributed by atoms with van der Waals surface area (Å²) in [6.07, 6.45) is -0.655. The van der Waals surface area contributed by atoms with Gasteiger partial charge in [0.15, 0.2) is 0 Å². The van der Waals surface area contributed by atoms with Gasteiger partial charge in [-0.05, 0) is 55.5 Å². The lowest BCUT2D eigenvalue weighted by Crippen LogP contribution is -2.47. The summed E-state index contributed by atoms with van der Waals surface area (Å²) < 4.78 is 31.9. The second kappa shape index (κ2) is 8.44. The number of amides is 1. The highest BCUT2D eigenvalue weighted by Crippen LogP contribution is 2.23. The van der Waals surface area contributed by atoms with Crippen molar-refractivity contribution in [3.8, 4) is 5.69 Å². The van der Waals surface area contributed by atoms with Gasteiger partial charge in [-0.1, -0.05) is 0 Å². The largest absolute Gasteiger partial charge is 0.450 e. The van der Waals surface area contributed by atoms with Gasteiger partial charge in [0, 0.05) is 12.7 Å². The lowest BCUT2D eigenvalue weighted by atomic mass is 10.3. The van der Waals surface area contributed by atoms with Crippen molar-refractivity contribution in [3.05, 3.63) is 80.0 Å². The normalized spacial score (nSPS) is 11.2. The molecule has 0 bridgehead atoms. The van der Waals surface area contributed by atoms with E-state index in [-0.39, 0.29) is 22.1 Å². The number of rotatable bonds is 5. The van der Waals surface area contributed by atoms with Crippen LogP contribution in [-0.2, 0) is 21.6 Å². The van der Waals surface area contributed by atoms with Gasteiger partial charge in [-0.25, -0.2) is 36.7 Å². The molecule has 1 heterocycles. The number of carbonyl (C=O) groups is 1. The molecule has 0 atom stereocenters. The molecule has 3 aromatic rings. The average Bonchev–Trinajstić information content (AvgIpc) is 2.73. The summed E-state index contributed by atoms with van der Waals surface area (Å²) in [4.78, 5) is 49.0. The summed E-state index contributed by atoms with van der Waals surface area (Å²) in [7, 11) is -2.70. The number of carbonyl (C=O) groups excluding carboxylic acids is 1. The second-order valence-corrected chi connectivity index (χ2v) is 8.23. The molecule has 31 heavy (non-hydrogen) atoms. The average molecular weight is 446 g/mol. The molecular weight excluding hydrogens is 428 g/mol. The lowest BCUT2D eigenvalue weighted by Gasteiger charge is -2.09. The Bertz CT molecular complexity index is 1400. The zero-order valence-corrected chi connectivity index (χ0v) is 17.3. The summed E-state index contributed by atoms with van der Waals surface area (Å²) in [5.74, 6) is 0. The highest BCUT2D eigenvalue weighted by atomic mass is 32.2. The van der Waals surface area contributed by atoms with Crippen LogP contribution < -0.4 is 22.4 Å². The Morgan fingerprint density at radius 2 is 1.52 bits per heavy atom. The van der Waals surface area contributed by atoms with Crippen molar-refractivity contribution in [2.45, 2.75) is 16.7 Å². The predicted octanol–water partition coefficient (Wildman–Crippen LogP) is 0.626. The third kappa shape index (κ3) is 4.33. The topological polar surface area (TPSA) is 149 Å². The standard InChI is InChI=1S/C19H18N4O7S/c1-3-30-18(26)20-12-4-8-14(9-5-12)31(28,29)15-10-6-13(7-11-15)23-17(25)21-16(24)22(2)19(23)27/h4-11H,3H2,1-2H3,(H,20,26)(H,21,24,25). The number of hydrogen-bond donors (Lipinski definition) is 2. The van der Waals surface area contributed by atoms with Gasteiger partial charge in [-0.2, -0.15) is 0 Å². The minimum absolute atomic E-state index is 0.0215. The highest BCUT2D eigenvalue weighted by Gasteiger charge is 2.18. The SMILES string of the molecule is CCOC(=O)Nc1ccc(S(=O)(=O)c2ccc(-n3c(=O)[nH]c(=O)n(C)c3=O)cc2)cc1. The van der Waals surface area contributed by atoms with Crippen molar-refractivity contribution < 1.29 is 17.9 Å². The maximum Gasteiger partial charge on any atom is 0.411 e. The van der Waals surface area contributed by atoms with Crippen LogP contribution in [-0.4, -0.2) is 35.2 Å². The molecule has 0 radical (unpaired) electrons. The molecule has 0 fully saturated rings. The quantitative estimate of drug-likeness (QED) is 0.583. The van der Waals surface area contributed by atoms with Crippen LogP contribution >= 0.6 is 0 Å². The first-order valence-electron chi connectivity index (χ1n) is 8.97. The molecule has 0 spiro atoms. The zero-order valence-electron chi connectivity index (χ0n) is 16.5. The number of nitrogens with one attached hydrogen (secondary N) is 2. The molecule has 0 aliphatic carbocycles. The van der Waals surface area contributed by atoms with Crippen LogP contribution in [0.15, 0.2) is 72.7 Å². The lowest BCUT2D eigenvalue weighted by molar-refractivity contribution is 0.168.